The Kier molecular flexibility index (Phi) is 8.60. The van der Waals surface area contributed by atoms with E-state index in [-0.39, 0.29) is 0 Å². The van der Waals surface area contributed by atoms with Crippen molar-refractivity contribution in [3.63, 3.8) is 0 Å². The minimum absolute atomic E-state index is 0.425. The highest BCUT2D eigenvalue weighted by molar-refractivity contribution is 5.79. The zero-order valence-electron chi connectivity index (χ0n) is 14.8. The number of benzene rings is 1. The third kappa shape index (κ3) is 6.94. The van der Waals surface area contributed by atoms with Gasteiger partial charge in [0.2, 0.25) is 0 Å². The first kappa shape index (κ1) is 18.5. The molecule has 0 saturated carbocycles. The molecule has 1 rings (SSSR count). The molecule has 22 heavy (non-hydrogen) atoms. The molecule has 1 aromatic rings. The van der Waals surface area contributed by atoms with Crippen LogP contribution in [-0.4, -0.2) is 50.6 Å². The normalized spacial score (nSPS) is 13.3. The average molecular weight is 304 g/mol. The van der Waals surface area contributed by atoms with Crippen molar-refractivity contribution in [3.8, 4) is 0 Å². The number of aliphatic imine (C=N–C) groups is 1. The fourth-order valence-corrected chi connectivity index (χ4v) is 2.18. The van der Waals surface area contributed by atoms with Crippen molar-refractivity contribution in [1.29, 1.82) is 0 Å². The smallest absolute Gasteiger partial charge is 0.191 e. The molecule has 1 aromatic carbocycles. The fraction of sp³-hybridized carbons (Fsp3) is 0.611. The molecule has 0 aliphatic carbocycles. The molecule has 0 heterocycles. The van der Waals surface area contributed by atoms with E-state index in [1.165, 1.54) is 11.1 Å². The van der Waals surface area contributed by atoms with Gasteiger partial charge < -0.3 is 15.5 Å². The third-order valence-electron chi connectivity index (χ3n) is 3.80. The predicted octanol–water partition coefficient (Wildman–Crippen LogP) is 2.61. The maximum atomic E-state index is 4.72. The van der Waals surface area contributed by atoms with E-state index in [9.17, 15) is 0 Å². The van der Waals surface area contributed by atoms with Crippen LogP contribution in [0.1, 0.15) is 37.8 Å². The summed E-state index contributed by atoms with van der Waals surface area (Å²) in [5.74, 6) is 1.33. The summed E-state index contributed by atoms with van der Waals surface area (Å²) < 4.78 is 0. The molecular formula is C18H32N4. The lowest BCUT2D eigenvalue weighted by Crippen LogP contribution is -2.41. The number of rotatable bonds is 8. The maximum absolute atomic E-state index is 4.72. The van der Waals surface area contributed by atoms with Gasteiger partial charge in [-0.25, -0.2) is 0 Å². The van der Waals surface area contributed by atoms with E-state index in [4.69, 9.17) is 4.99 Å². The number of guanidine groups is 1. The first-order valence-corrected chi connectivity index (χ1v) is 8.34. The number of hydrogen-bond donors (Lipinski definition) is 2. The SMILES string of the molecule is CCNC(=NCC(C)c1cccc(C)c1)NCCN(C)CC. The van der Waals surface area contributed by atoms with Crippen LogP contribution in [0.4, 0.5) is 0 Å². The largest absolute Gasteiger partial charge is 0.357 e. The van der Waals surface area contributed by atoms with Gasteiger partial charge in [-0.2, -0.15) is 0 Å². The second-order valence-electron chi connectivity index (χ2n) is 5.86. The highest BCUT2D eigenvalue weighted by Crippen LogP contribution is 2.16. The molecule has 0 aliphatic heterocycles. The van der Waals surface area contributed by atoms with Gasteiger partial charge in [0.05, 0.1) is 0 Å². The zero-order valence-corrected chi connectivity index (χ0v) is 14.8. The molecule has 2 N–H and O–H groups in total. The molecule has 0 spiro atoms. The van der Waals surface area contributed by atoms with Crippen LogP contribution in [0.25, 0.3) is 0 Å². The van der Waals surface area contributed by atoms with Gasteiger partial charge in [0.15, 0.2) is 5.96 Å². The van der Waals surface area contributed by atoms with Crippen molar-refractivity contribution in [2.24, 2.45) is 4.99 Å². The lowest BCUT2D eigenvalue weighted by atomic mass is 10.00. The summed E-state index contributed by atoms with van der Waals surface area (Å²) >= 11 is 0. The van der Waals surface area contributed by atoms with Crippen molar-refractivity contribution in [2.45, 2.75) is 33.6 Å². The monoisotopic (exact) mass is 304 g/mol. The molecule has 4 nitrogen and oxygen atoms in total. The van der Waals surface area contributed by atoms with Gasteiger partial charge in [-0.05, 0) is 33.0 Å². The number of likely N-dealkylation sites (N-methyl/N-ethyl adjacent to an activating group) is 1. The van der Waals surface area contributed by atoms with Crippen LogP contribution < -0.4 is 10.6 Å². The highest BCUT2D eigenvalue weighted by atomic mass is 15.2. The average Bonchev–Trinajstić information content (AvgIpc) is 2.52. The molecule has 1 atom stereocenters. The van der Waals surface area contributed by atoms with Gasteiger partial charge in [0.1, 0.15) is 0 Å². The minimum Gasteiger partial charge on any atom is -0.357 e. The lowest BCUT2D eigenvalue weighted by molar-refractivity contribution is 0.357. The molecule has 0 bridgehead atoms. The van der Waals surface area contributed by atoms with E-state index in [1.807, 2.05) is 0 Å². The van der Waals surface area contributed by atoms with E-state index in [1.54, 1.807) is 0 Å². The minimum atomic E-state index is 0.425. The number of nitrogens with zero attached hydrogens (tertiary/aromatic N) is 2. The van der Waals surface area contributed by atoms with Gasteiger partial charge in [-0.3, -0.25) is 4.99 Å². The van der Waals surface area contributed by atoms with E-state index < -0.39 is 0 Å². The van der Waals surface area contributed by atoms with Gasteiger partial charge in [0, 0.05) is 32.1 Å². The molecule has 0 radical (unpaired) electrons. The molecule has 0 amide bonds. The van der Waals surface area contributed by atoms with Crippen molar-refractivity contribution in [2.75, 3.05) is 39.8 Å². The fourth-order valence-electron chi connectivity index (χ4n) is 2.18. The molecule has 0 aromatic heterocycles. The Morgan fingerprint density at radius 1 is 1.27 bits per heavy atom. The summed E-state index contributed by atoms with van der Waals surface area (Å²) in [6, 6.07) is 8.69. The second-order valence-corrected chi connectivity index (χ2v) is 5.86. The van der Waals surface area contributed by atoms with Crippen LogP contribution in [0.3, 0.4) is 0 Å². The van der Waals surface area contributed by atoms with Crippen molar-refractivity contribution >= 4 is 5.96 Å². The molecule has 4 heteroatoms. The molecule has 124 valence electrons. The van der Waals surface area contributed by atoms with Gasteiger partial charge in [-0.1, -0.05) is 43.7 Å². The topological polar surface area (TPSA) is 39.7 Å². The molecule has 1 unspecified atom stereocenters. The first-order chi connectivity index (χ1) is 10.6. The Labute approximate surface area is 136 Å². The summed E-state index contributed by atoms with van der Waals surface area (Å²) in [7, 11) is 2.13. The van der Waals surface area contributed by atoms with E-state index in [0.29, 0.717) is 5.92 Å². The predicted molar refractivity (Wildman–Crippen MR) is 96.7 cm³/mol. The highest BCUT2D eigenvalue weighted by Gasteiger charge is 2.06. The van der Waals surface area contributed by atoms with Crippen molar-refractivity contribution in [1.82, 2.24) is 15.5 Å². The van der Waals surface area contributed by atoms with E-state index in [2.05, 4.69) is 74.5 Å². The molecule has 0 aliphatic rings. The van der Waals surface area contributed by atoms with E-state index >= 15 is 0 Å². The summed E-state index contributed by atoms with van der Waals surface area (Å²) in [4.78, 5) is 7.00. The summed E-state index contributed by atoms with van der Waals surface area (Å²) in [5.41, 5.74) is 2.66. The summed E-state index contributed by atoms with van der Waals surface area (Å²) in [5, 5.41) is 6.71. The Morgan fingerprint density at radius 3 is 2.68 bits per heavy atom. The Hall–Kier alpha value is -1.55. The van der Waals surface area contributed by atoms with Crippen LogP contribution >= 0.6 is 0 Å². The van der Waals surface area contributed by atoms with Crippen LogP contribution in [-0.2, 0) is 0 Å². The van der Waals surface area contributed by atoms with E-state index in [0.717, 1.165) is 38.7 Å². The van der Waals surface area contributed by atoms with Crippen LogP contribution in [0.2, 0.25) is 0 Å². The van der Waals surface area contributed by atoms with Gasteiger partial charge in [-0.15, -0.1) is 0 Å². The summed E-state index contributed by atoms with van der Waals surface area (Å²) in [6.07, 6.45) is 0. The number of nitrogens with one attached hydrogen (secondary N) is 2. The summed E-state index contributed by atoms with van der Waals surface area (Å²) in [6.45, 7) is 13.3. The number of aryl methyl sites for hydroxylation is 1. The Morgan fingerprint density at radius 2 is 2.05 bits per heavy atom. The quantitative estimate of drug-likeness (QED) is 0.573. The second kappa shape index (κ2) is 10.2. The van der Waals surface area contributed by atoms with Gasteiger partial charge >= 0.3 is 0 Å². The van der Waals surface area contributed by atoms with Gasteiger partial charge in [0.25, 0.3) is 0 Å². The maximum Gasteiger partial charge on any atom is 0.191 e. The van der Waals surface area contributed by atoms with Crippen molar-refractivity contribution in [3.05, 3.63) is 35.4 Å². The Balaban J connectivity index is 2.53. The van der Waals surface area contributed by atoms with Crippen molar-refractivity contribution < 1.29 is 0 Å². The molecule has 0 saturated heterocycles. The Bertz CT molecular complexity index is 456. The number of hydrogen-bond acceptors (Lipinski definition) is 2. The van der Waals surface area contributed by atoms with Crippen LogP contribution in [0, 0.1) is 6.92 Å². The standard InChI is InChI=1S/C18H32N4/c1-6-19-18(20-11-12-22(5)7-2)21-14-16(4)17-10-8-9-15(3)13-17/h8-10,13,16H,6-7,11-12,14H2,1-5H3,(H2,19,20,21). The molecular weight excluding hydrogens is 272 g/mol. The molecule has 0 fully saturated rings. The first-order valence-electron chi connectivity index (χ1n) is 8.34. The van der Waals surface area contributed by atoms with Crippen LogP contribution in [0.5, 0.6) is 0 Å². The lowest BCUT2D eigenvalue weighted by Gasteiger charge is -2.17. The zero-order chi connectivity index (χ0) is 16.4. The third-order valence-corrected chi connectivity index (χ3v) is 3.80. The van der Waals surface area contributed by atoms with Crippen LogP contribution in [0.15, 0.2) is 29.3 Å².